The Bertz CT molecular complexity index is 594. The van der Waals surface area contributed by atoms with Crippen LogP contribution in [0.3, 0.4) is 0 Å². The summed E-state index contributed by atoms with van der Waals surface area (Å²) < 4.78 is 2.73. The number of benzene rings is 1. The van der Waals surface area contributed by atoms with Crippen LogP contribution in [0.1, 0.15) is 16.1 Å². The van der Waals surface area contributed by atoms with Crippen LogP contribution in [-0.4, -0.2) is 29.8 Å². The molecule has 0 aliphatic heterocycles. The Morgan fingerprint density at radius 3 is 2.84 bits per heavy atom. The van der Waals surface area contributed by atoms with Crippen molar-refractivity contribution in [2.75, 3.05) is 14.1 Å². The number of carbonyl (C=O) groups is 1. The lowest BCUT2D eigenvalue weighted by molar-refractivity contribution is 0.0957. The second-order valence-corrected chi connectivity index (χ2v) is 4.94. The maximum Gasteiger partial charge on any atom is 0.271 e. The number of hydrogen-bond acceptors (Lipinski definition) is 3. The fourth-order valence-corrected chi connectivity index (χ4v) is 2.23. The third-order valence-electron chi connectivity index (χ3n) is 2.70. The van der Waals surface area contributed by atoms with Crippen LogP contribution < -0.4 is 10.6 Å². The highest BCUT2D eigenvalue weighted by molar-refractivity contribution is 9.10. The molecule has 2 rings (SSSR count). The van der Waals surface area contributed by atoms with Gasteiger partial charge in [0.1, 0.15) is 0 Å². The molecule has 0 aliphatic rings. The van der Waals surface area contributed by atoms with Crippen molar-refractivity contribution in [3.8, 4) is 5.69 Å². The van der Waals surface area contributed by atoms with Gasteiger partial charge in [-0.25, -0.2) is 4.68 Å². The van der Waals surface area contributed by atoms with Crippen molar-refractivity contribution in [1.82, 2.24) is 20.4 Å². The Kier molecular flexibility index (Phi) is 4.34. The summed E-state index contributed by atoms with van der Waals surface area (Å²) in [6.45, 7) is 0.726. The molecule has 1 heterocycles. The van der Waals surface area contributed by atoms with E-state index in [1.165, 1.54) is 0 Å². The summed E-state index contributed by atoms with van der Waals surface area (Å²) >= 11 is 3.46. The maximum absolute atomic E-state index is 11.5. The number of hydrogen-bond donors (Lipinski definition) is 2. The highest BCUT2D eigenvalue weighted by atomic mass is 79.9. The SMILES string of the molecule is CNCc1cc(Br)ccc1-n1ccc(C(=O)NC)n1. The molecule has 0 fully saturated rings. The largest absolute Gasteiger partial charge is 0.354 e. The predicted molar refractivity (Wildman–Crippen MR) is 77.4 cm³/mol. The van der Waals surface area contributed by atoms with Gasteiger partial charge in [0.25, 0.3) is 5.91 Å². The van der Waals surface area contributed by atoms with Crippen LogP contribution in [0, 0.1) is 0 Å². The molecule has 2 N–H and O–H groups in total. The van der Waals surface area contributed by atoms with Crippen molar-refractivity contribution < 1.29 is 4.79 Å². The Hall–Kier alpha value is -1.66. The van der Waals surface area contributed by atoms with Crippen molar-refractivity contribution in [2.24, 2.45) is 0 Å². The lowest BCUT2D eigenvalue weighted by Gasteiger charge is -2.09. The van der Waals surface area contributed by atoms with Crippen LogP contribution in [0.15, 0.2) is 34.9 Å². The summed E-state index contributed by atoms with van der Waals surface area (Å²) in [5.74, 6) is -0.189. The molecule has 100 valence electrons. The van der Waals surface area contributed by atoms with Crippen molar-refractivity contribution in [3.05, 3.63) is 46.2 Å². The van der Waals surface area contributed by atoms with E-state index in [0.29, 0.717) is 5.69 Å². The minimum atomic E-state index is -0.189. The van der Waals surface area contributed by atoms with E-state index in [2.05, 4.69) is 31.7 Å². The van der Waals surface area contributed by atoms with Crippen LogP contribution in [0.25, 0.3) is 5.69 Å². The first-order valence-electron chi connectivity index (χ1n) is 5.87. The average molecular weight is 323 g/mol. The second kappa shape index (κ2) is 5.99. The summed E-state index contributed by atoms with van der Waals surface area (Å²) in [6, 6.07) is 7.66. The molecule has 0 atom stereocenters. The molecule has 0 saturated heterocycles. The molecule has 0 aliphatic carbocycles. The van der Waals surface area contributed by atoms with Crippen molar-refractivity contribution >= 4 is 21.8 Å². The molecular formula is C13H15BrN4O. The number of aromatic nitrogens is 2. The Morgan fingerprint density at radius 1 is 1.37 bits per heavy atom. The van der Waals surface area contributed by atoms with Gasteiger partial charge in [0.15, 0.2) is 5.69 Å². The normalized spacial score (nSPS) is 10.5. The van der Waals surface area contributed by atoms with Crippen LogP contribution in [-0.2, 0) is 6.54 Å². The molecular weight excluding hydrogens is 308 g/mol. The summed E-state index contributed by atoms with van der Waals surface area (Å²) in [4.78, 5) is 11.5. The third kappa shape index (κ3) is 3.02. The highest BCUT2D eigenvalue weighted by Crippen LogP contribution is 2.20. The lowest BCUT2D eigenvalue weighted by atomic mass is 10.2. The molecule has 1 aromatic heterocycles. The number of nitrogens with zero attached hydrogens (tertiary/aromatic N) is 2. The molecule has 19 heavy (non-hydrogen) atoms. The number of carbonyl (C=O) groups excluding carboxylic acids is 1. The molecule has 1 amide bonds. The molecule has 5 nitrogen and oxygen atoms in total. The quantitative estimate of drug-likeness (QED) is 0.901. The summed E-state index contributed by atoms with van der Waals surface area (Å²) in [5, 5.41) is 9.97. The molecule has 0 saturated carbocycles. The van der Waals surface area contributed by atoms with Crippen LogP contribution >= 0.6 is 15.9 Å². The first-order chi connectivity index (χ1) is 9.15. The van der Waals surface area contributed by atoms with Crippen LogP contribution in [0.4, 0.5) is 0 Å². The van der Waals surface area contributed by atoms with Crippen molar-refractivity contribution in [3.63, 3.8) is 0 Å². The summed E-state index contributed by atoms with van der Waals surface area (Å²) in [7, 11) is 3.48. The first-order valence-corrected chi connectivity index (χ1v) is 6.66. The Labute approximate surface area is 120 Å². The van der Waals surface area contributed by atoms with E-state index in [4.69, 9.17) is 0 Å². The standard InChI is InChI=1S/C13H15BrN4O/c1-15-8-9-7-10(14)3-4-12(9)18-6-5-11(17-18)13(19)16-2/h3-7,15H,8H2,1-2H3,(H,16,19). The molecule has 0 spiro atoms. The van der Waals surface area contributed by atoms with Gasteiger partial charge in [-0.15, -0.1) is 0 Å². The Morgan fingerprint density at radius 2 is 2.16 bits per heavy atom. The van der Waals surface area contributed by atoms with E-state index < -0.39 is 0 Å². The molecule has 2 aromatic rings. The zero-order chi connectivity index (χ0) is 13.8. The Balaban J connectivity index is 2.40. The fraction of sp³-hybridized carbons (Fsp3) is 0.231. The maximum atomic E-state index is 11.5. The van der Waals surface area contributed by atoms with Gasteiger partial charge in [-0.05, 0) is 36.9 Å². The van der Waals surface area contributed by atoms with Gasteiger partial charge >= 0.3 is 0 Å². The van der Waals surface area contributed by atoms with Gasteiger partial charge in [0.2, 0.25) is 0 Å². The molecule has 0 radical (unpaired) electrons. The topological polar surface area (TPSA) is 59.0 Å². The van der Waals surface area contributed by atoms with Gasteiger partial charge < -0.3 is 10.6 Å². The van der Waals surface area contributed by atoms with E-state index in [1.807, 2.05) is 25.2 Å². The van der Waals surface area contributed by atoms with E-state index in [9.17, 15) is 4.79 Å². The van der Waals surface area contributed by atoms with E-state index in [1.54, 1.807) is 24.0 Å². The van der Waals surface area contributed by atoms with E-state index in [-0.39, 0.29) is 5.91 Å². The summed E-state index contributed by atoms with van der Waals surface area (Å²) in [5.41, 5.74) is 2.46. The predicted octanol–water partition coefficient (Wildman–Crippen LogP) is 1.71. The fourth-order valence-electron chi connectivity index (χ4n) is 1.82. The minimum Gasteiger partial charge on any atom is -0.354 e. The van der Waals surface area contributed by atoms with Crippen molar-refractivity contribution in [2.45, 2.75) is 6.54 Å². The molecule has 1 aromatic carbocycles. The van der Waals surface area contributed by atoms with E-state index in [0.717, 1.165) is 22.3 Å². The van der Waals surface area contributed by atoms with Gasteiger partial charge in [-0.1, -0.05) is 15.9 Å². The number of amides is 1. The van der Waals surface area contributed by atoms with Gasteiger partial charge in [0.05, 0.1) is 5.69 Å². The van der Waals surface area contributed by atoms with Gasteiger partial charge in [-0.2, -0.15) is 5.10 Å². The first kappa shape index (κ1) is 13.8. The number of rotatable bonds is 4. The van der Waals surface area contributed by atoms with Crippen LogP contribution in [0.5, 0.6) is 0 Å². The van der Waals surface area contributed by atoms with Gasteiger partial charge in [0, 0.05) is 24.3 Å². The second-order valence-electron chi connectivity index (χ2n) is 4.03. The van der Waals surface area contributed by atoms with Crippen molar-refractivity contribution in [1.29, 1.82) is 0 Å². The monoisotopic (exact) mass is 322 g/mol. The molecule has 0 bridgehead atoms. The smallest absolute Gasteiger partial charge is 0.271 e. The minimum absolute atomic E-state index is 0.189. The van der Waals surface area contributed by atoms with E-state index >= 15 is 0 Å². The summed E-state index contributed by atoms with van der Waals surface area (Å²) in [6.07, 6.45) is 1.78. The average Bonchev–Trinajstić information content (AvgIpc) is 2.88. The third-order valence-corrected chi connectivity index (χ3v) is 3.20. The number of nitrogens with one attached hydrogen (secondary N) is 2. The molecule has 0 unspecified atom stereocenters. The zero-order valence-corrected chi connectivity index (χ0v) is 12.4. The van der Waals surface area contributed by atoms with Crippen LogP contribution in [0.2, 0.25) is 0 Å². The number of halogens is 1. The zero-order valence-electron chi connectivity index (χ0n) is 10.8. The highest BCUT2D eigenvalue weighted by Gasteiger charge is 2.10. The molecule has 6 heteroatoms. The van der Waals surface area contributed by atoms with Gasteiger partial charge in [-0.3, -0.25) is 4.79 Å². The lowest BCUT2D eigenvalue weighted by Crippen LogP contribution is -2.18.